The Balaban J connectivity index is 1.19. The number of benzene rings is 2. The number of ether oxygens (including phenoxy) is 2. The molecule has 0 bridgehead atoms. The Kier molecular flexibility index (Phi) is 8.72. The molecule has 3 aromatic rings. The van der Waals surface area contributed by atoms with Crippen molar-refractivity contribution in [3.8, 4) is 22.8 Å². The molecule has 1 aromatic heterocycles. The molecule has 2 aromatic carbocycles. The van der Waals surface area contributed by atoms with Crippen molar-refractivity contribution < 1.29 is 32.3 Å². The van der Waals surface area contributed by atoms with Crippen LogP contribution in [0.4, 0.5) is 4.79 Å². The molecule has 258 valence electrons. The number of amides is 4. The number of carbonyl (C=O) groups is 3. The summed E-state index contributed by atoms with van der Waals surface area (Å²) in [6, 6.07) is 15.9. The van der Waals surface area contributed by atoms with E-state index in [0.29, 0.717) is 42.1 Å². The van der Waals surface area contributed by atoms with Gasteiger partial charge in [-0.1, -0.05) is 42.5 Å². The van der Waals surface area contributed by atoms with Gasteiger partial charge in [-0.05, 0) is 50.7 Å². The quantitative estimate of drug-likeness (QED) is 0.355. The third kappa shape index (κ3) is 6.68. The first-order valence-corrected chi connectivity index (χ1v) is 18.4. The number of aromatic nitrogens is 1. The second-order valence-electron chi connectivity index (χ2n) is 13.5. The van der Waals surface area contributed by atoms with Gasteiger partial charge < -0.3 is 24.6 Å². The molecular weight excluding hydrogens is 646 g/mol. The Morgan fingerprint density at radius 2 is 1.88 bits per heavy atom. The third-order valence-corrected chi connectivity index (χ3v) is 11.7. The lowest BCUT2D eigenvalue weighted by Crippen LogP contribution is -2.57. The lowest BCUT2D eigenvalue weighted by molar-refractivity contribution is -0.131. The second-order valence-corrected chi connectivity index (χ2v) is 15.4. The number of rotatable bonds is 7. The highest BCUT2D eigenvalue weighted by Crippen LogP contribution is 2.46. The Hall–Kier alpha value is -4.65. The number of carbonyl (C=O) groups excluding carboxylic acids is 3. The van der Waals surface area contributed by atoms with Gasteiger partial charge in [-0.25, -0.2) is 18.2 Å². The Morgan fingerprint density at radius 1 is 1.08 bits per heavy atom. The highest BCUT2D eigenvalue weighted by Gasteiger charge is 2.62. The van der Waals surface area contributed by atoms with Crippen molar-refractivity contribution in [2.75, 3.05) is 27.2 Å². The molecule has 4 aliphatic rings. The van der Waals surface area contributed by atoms with Gasteiger partial charge in [-0.2, -0.15) is 0 Å². The van der Waals surface area contributed by atoms with Crippen LogP contribution in [-0.4, -0.2) is 91.2 Å². The Morgan fingerprint density at radius 3 is 2.63 bits per heavy atom. The van der Waals surface area contributed by atoms with E-state index in [0.717, 1.165) is 30.2 Å². The monoisotopic (exact) mass is 687 g/mol. The zero-order chi connectivity index (χ0) is 34.3. The lowest BCUT2D eigenvalue weighted by Gasteiger charge is -2.30. The molecule has 13 heteroatoms. The molecule has 0 radical (unpaired) electrons. The number of allylic oxidation sites excluding steroid dienone is 1. The predicted molar refractivity (Wildman–Crippen MR) is 183 cm³/mol. The van der Waals surface area contributed by atoms with Gasteiger partial charge in [0.1, 0.15) is 29.2 Å². The van der Waals surface area contributed by atoms with E-state index >= 15 is 0 Å². The molecule has 1 saturated heterocycles. The summed E-state index contributed by atoms with van der Waals surface area (Å²) in [4.78, 5) is 49.6. The molecule has 2 N–H and O–H groups in total. The van der Waals surface area contributed by atoms with Crippen LogP contribution in [0.2, 0.25) is 0 Å². The SMILES string of the molecule is COc1ccc2c(O[C@@H]3C[C@H]4C(=O)N[C@]5(C(=O)NS(=O)(=O)C6CC6)C[C@H]5/C=C\CCCCN(C)C(=O)N4C3)cc(-c3ccccc3)nc2c1. The fraction of sp³-hybridized carbons (Fsp3) is 0.444. The molecule has 7 rings (SSSR count). The summed E-state index contributed by atoms with van der Waals surface area (Å²) in [5, 5.41) is 3.08. The molecule has 49 heavy (non-hydrogen) atoms. The van der Waals surface area contributed by atoms with Crippen molar-refractivity contribution in [1.82, 2.24) is 24.8 Å². The number of nitrogens with zero attached hydrogens (tertiary/aromatic N) is 3. The van der Waals surface area contributed by atoms with Crippen LogP contribution in [0, 0.1) is 5.92 Å². The van der Waals surface area contributed by atoms with E-state index in [1.165, 1.54) is 4.90 Å². The van der Waals surface area contributed by atoms with Gasteiger partial charge in [-0.3, -0.25) is 14.3 Å². The summed E-state index contributed by atoms with van der Waals surface area (Å²) in [6.45, 7) is 0.662. The normalized spacial score (nSPS) is 26.6. The van der Waals surface area contributed by atoms with Crippen molar-refractivity contribution in [2.24, 2.45) is 5.92 Å². The molecule has 12 nitrogen and oxygen atoms in total. The Labute approximate surface area is 285 Å². The van der Waals surface area contributed by atoms with Gasteiger partial charge >= 0.3 is 6.03 Å². The molecule has 3 heterocycles. The number of methoxy groups -OCH3 is 1. The minimum Gasteiger partial charge on any atom is -0.497 e. The summed E-state index contributed by atoms with van der Waals surface area (Å²) in [5.41, 5.74) is 0.855. The topological polar surface area (TPSA) is 147 Å². The molecule has 4 atom stereocenters. The van der Waals surface area contributed by atoms with Crippen LogP contribution in [0.3, 0.4) is 0 Å². The number of nitrogens with one attached hydrogen (secondary N) is 2. The maximum absolute atomic E-state index is 14.1. The number of fused-ring (bicyclic) bond motifs is 3. The van der Waals surface area contributed by atoms with E-state index in [1.807, 2.05) is 66.7 Å². The van der Waals surface area contributed by atoms with Crippen LogP contribution in [0.15, 0.2) is 66.7 Å². The first-order valence-electron chi connectivity index (χ1n) is 16.9. The van der Waals surface area contributed by atoms with Crippen LogP contribution in [-0.2, 0) is 19.6 Å². The maximum atomic E-state index is 14.1. The largest absolute Gasteiger partial charge is 0.497 e. The predicted octanol–water partition coefficient (Wildman–Crippen LogP) is 4.01. The summed E-state index contributed by atoms with van der Waals surface area (Å²) in [7, 11) is -0.514. The minimum atomic E-state index is -3.83. The van der Waals surface area contributed by atoms with E-state index in [1.54, 1.807) is 19.1 Å². The molecule has 4 amide bonds. The molecule has 2 saturated carbocycles. The molecule has 2 aliphatic carbocycles. The average molecular weight is 688 g/mol. The summed E-state index contributed by atoms with van der Waals surface area (Å²) < 4.78 is 39.8. The van der Waals surface area contributed by atoms with Crippen LogP contribution < -0.4 is 19.5 Å². The van der Waals surface area contributed by atoms with Gasteiger partial charge in [0.25, 0.3) is 5.91 Å². The van der Waals surface area contributed by atoms with Crippen LogP contribution in [0.1, 0.15) is 44.9 Å². The number of hydrogen-bond donors (Lipinski definition) is 2. The fourth-order valence-electron chi connectivity index (χ4n) is 6.83. The van der Waals surface area contributed by atoms with Gasteiger partial charge in [0.05, 0.1) is 30.1 Å². The minimum absolute atomic E-state index is 0.139. The maximum Gasteiger partial charge on any atom is 0.320 e. The van der Waals surface area contributed by atoms with Crippen molar-refractivity contribution in [3.63, 3.8) is 0 Å². The smallest absolute Gasteiger partial charge is 0.320 e. The van der Waals surface area contributed by atoms with Crippen molar-refractivity contribution >= 4 is 38.8 Å². The van der Waals surface area contributed by atoms with E-state index in [4.69, 9.17) is 14.5 Å². The van der Waals surface area contributed by atoms with Crippen LogP contribution in [0.25, 0.3) is 22.2 Å². The van der Waals surface area contributed by atoms with Gasteiger partial charge in [0.2, 0.25) is 15.9 Å². The highest BCUT2D eigenvalue weighted by molar-refractivity contribution is 7.91. The van der Waals surface area contributed by atoms with Crippen molar-refractivity contribution in [1.29, 1.82) is 0 Å². The zero-order valence-corrected chi connectivity index (χ0v) is 28.4. The number of pyridine rings is 1. The van der Waals surface area contributed by atoms with Crippen LogP contribution in [0.5, 0.6) is 11.5 Å². The van der Waals surface area contributed by atoms with E-state index in [2.05, 4.69) is 10.0 Å². The number of hydrogen-bond acceptors (Lipinski definition) is 8. The van der Waals surface area contributed by atoms with E-state index < -0.39 is 44.8 Å². The molecule has 0 unspecified atom stereocenters. The summed E-state index contributed by atoms with van der Waals surface area (Å²) >= 11 is 0. The summed E-state index contributed by atoms with van der Waals surface area (Å²) in [6.07, 6.45) is 7.11. The van der Waals surface area contributed by atoms with Crippen molar-refractivity contribution in [3.05, 3.63) is 66.7 Å². The third-order valence-electron chi connectivity index (χ3n) is 9.93. The summed E-state index contributed by atoms with van der Waals surface area (Å²) in [5.74, 6) is -0.409. The van der Waals surface area contributed by atoms with Gasteiger partial charge in [0.15, 0.2) is 0 Å². The fourth-order valence-corrected chi connectivity index (χ4v) is 8.20. The van der Waals surface area contributed by atoms with Crippen molar-refractivity contribution in [2.45, 2.75) is 67.9 Å². The molecule has 2 aliphatic heterocycles. The first kappa shape index (κ1) is 32.9. The number of urea groups is 1. The van der Waals surface area contributed by atoms with E-state index in [-0.39, 0.29) is 31.3 Å². The number of sulfonamides is 1. The van der Waals surface area contributed by atoms with Crippen LogP contribution >= 0.6 is 0 Å². The average Bonchev–Trinajstić information content (AvgIpc) is 4.02. The standard InChI is InChI=1S/C36H41N5O7S/c1-40-17-9-4-3-8-12-24-21-36(24,34(43)39-49(45,46)27-14-15-27)38-33(42)31-19-26(22-41(31)35(40)44)48-32-20-29(23-10-6-5-7-11-23)37-30-18-25(47-2)13-16-28(30)32/h5-8,10-13,16,18,20,24,26-27,31H,3-4,9,14-15,17,19,21-22H2,1-2H3,(H,38,42)(H,39,43)/b12-8-/t24-,26-,31+,36-/m1/s1. The van der Waals surface area contributed by atoms with E-state index in [9.17, 15) is 22.8 Å². The Bertz CT molecular complexity index is 1920. The lowest BCUT2D eigenvalue weighted by atomic mass is 10.1. The highest BCUT2D eigenvalue weighted by atomic mass is 32.2. The molecule has 3 fully saturated rings. The zero-order valence-electron chi connectivity index (χ0n) is 27.6. The van der Waals surface area contributed by atoms with Gasteiger partial charge in [-0.15, -0.1) is 0 Å². The second kappa shape index (κ2) is 13.0. The molecular formula is C36H41N5O7S. The molecule has 0 spiro atoms. The van der Waals surface area contributed by atoms with Gasteiger partial charge in [0, 0.05) is 49.0 Å². The first-order chi connectivity index (χ1) is 23.6.